The number of esters is 1. The highest BCUT2D eigenvalue weighted by atomic mass is 32.1. The summed E-state index contributed by atoms with van der Waals surface area (Å²) in [6, 6.07) is 10.0. The molecule has 37 heavy (non-hydrogen) atoms. The van der Waals surface area contributed by atoms with Crippen LogP contribution in [0.15, 0.2) is 35.7 Å². The predicted molar refractivity (Wildman–Crippen MR) is 147 cm³/mol. The van der Waals surface area contributed by atoms with Gasteiger partial charge in [0.05, 0.1) is 30.0 Å². The third kappa shape index (κ3) is 6.21. The second kappa shape index (κ2) is 11.9. The molecule has 1 saturated heterocycles. The summed E-state index contributed by atoms with van der Waals surface area (Å²) in [4.78, 5) is 25.8. The fourth-order valence-electron chi connectivity index (χ4n) is 4.03. The van der Waals surface area contributed by atoms with Crippen LogP contribution in [0.2, 0.25) is 0 Å². The fraction of sp³-hybridized carbons (Fsp3) is 0.400. The number of carbonyl (C=O) groups excluding carboxylic acids is 1. The Hall–Kier alpha value is -3.19. The van der Waals surface area contributed by atoms with Crippen LogP contribution in [0.3, 0.4) is 0 Å². The second-order valence-corrected chi connectivity index (χ2v) is 10.4. The maximum Gasteiger partial charge on any atom is 0.357 e. The molecule has 0 spiro atoms. The van der Waals surface area contributed by atoms with Gasteiger partial charge in [-0.3, -0.25) is 4.90 Å². The summed E-state index contributed by atoms with van der Waals surface area (Å²) in [5.74, 6) is 0.914. The van der Waals surface area contributed by atoms with Gasteiger partial charge in [-0.25, -0.2) is 14.8 Å². The normalized spacial score (nSPS) is 14.1. The number of benzene rings is 1. The maximum atomic E-state index is 12.2. The molecular formula is C25H29N7O3S2. The number of fused-ring (bicyclic) bond motifs is 1. The van der Waals surface area contributed by atoms with Crippen molar-refractivity contribution in [3.8, 4) is 0 Å². The molecule has 12 heteroatoms. The van der Waals surface area contributed by atoms with Crippen LogP contribution in [0.25, 0.3) is 10.2 Å². The largest absolute Gasteiger partial charge is 0.461 e. The lowest BCUT2D eigenvalue weighted by Gasteiger charge is -2.28. The van der Waals surface area contributed by atoms with Crippen molar-refractivity contribution in [2.45, 2.75) is 20.3 Å². The van der Waals surface area contributed by atoms with E-state index in [9.17, 15) is 4.79 Å². The molecule has 0 unspecified atom stereocenters. The zero-order chi connectivity index (χ0) is 25.6. The Morgan fingerprint density at radius 3 is 2.84 bits per heavy atom. The van der Waals surface area contributed by atoms with Crippen molar-refractivity contribution < 1.29 is 14.3 Å². The quantitative estimate of drug-likeness (QED) is 0.287. The number of hydrogen-bond acceptors (Lipinski definition) is 12. The molecule has 1 N–H and O–H groups in total. The van der Waals surface area contributed by atoms with Gasteiger partial charge < -0.3 is 19.7 Å². The van der Waals surface area contributed by atoms with Gasteiger partial charge in [-0.15, -0.1) is 21.5 Å². The van der Waals surface area contributed by atoms with Crippen LogP contribution in [0.4, 0.5) is 21.9 Å². The Kier molecular flexibility index (Phi) is 8.19. The number of hydrogen-bond donors (Lipinski definition) is 1. The number of aromatic nitrogens is 4. The molecule has 0 saturated carbocycles. The van der Waals surface area contributed by atoms with E-state index in [0.717, 1.165) is 60.2 Å². The summed E-state index contributed by atoms with van der Waals surface area (Å²) in [5, 5.41) is 15.5. The van der Waals surface area contributed by atoms with E-state index in [1.807, 2.05) is 42.2 Å². The highest BCUT2D eigenvalue weighted by Crippen LogP contribution is 2.31. The topological polar surface area (TPSA) is 106 Å². The van der Waals surface area contributed by atoms with Crippen LogP contribution in [0.5, 0.6) is 0 Å². The summed E-state index contributed by atoms with van der Waals surface area (Å²) < 4.78 is 11.7. The molecule has 3 aromatic heterocycles. The molecular weight excluding hydrogens is 510 g/mol. The molecule has 0 atom stereocenters. The number of nitrogens with one attached hydrogen (secondary N) is 1. The first kappa shape index (κ1) is 25.5. The van der Waals surface area contributed by atoms with Crippen molar-refractivity contribution in [1.29, 1.82) is 0 Å². The summed E-state index contributed by atoms with van der Waals surface area (Å²) in [5.41, 5.74) is 2.19. The minimum absolute atomic E-state index is 0.304. The first-order valence-electron chi connectivity index (χ1n) is 12.3. The van der Waals surface area contributed by atoms with Gasteiger partial charge in [-0.2, -0.15) is 0 Å². The molecule has 0 radical (unpaired) electrons. The van der Waals surface area contributed by atoms with Crippen molar-refractivity contribution in [3.05, 3.63) is 47.0 Å². The van der Waals surface area contributed by atoms with Gasteiger partial charge in [0.15, 0.2) is 27.6 Å². The Balaban J connectivity index is 1.35. The minimum atomic E-state index is -0.420. The van der Waals surface area contributed by atoms with E-state index in [4.69, 9.17) is 9.47 Å². The molecule has 10 nitrogen and oxygen atoms in total. The molecule has 1 aliphatic rings. The monoisotopic (exact) mass is 539 g/mol. The average Bonchev–Trinajstić information content (AvgIpc) is 3.56. The number of rotatable bonds is 10. The molecule has 5 rings (SSSR count). The Morgan fingerprint density at radius 1 is 1.22 bits per heavy atom. The molecule has 1 aliphatic heterocycles. The van der Waals surface area contributed by atoms with Gasteiger partial charge >= 0.3 is 5.97 Å². The van der Waals surface area contributed by atoms with Crippen LogP contribution < -0.4 is 10.2 Å². The molecule has 4 aromatic rings. The van der Waals surface area contributed by atoms with Gasteiger partial charge in [0.1, 0.15) is 0 Å². The smallest absolute Gasteiger partial charge is 0.357 e. The maximum absolute atomic E-state index is 12.2. The third-order valence-corrected chi connectivity index (χ3v) is 7.75. The molecule has 4 heterocycles. The molecule has 1 aromatic carbocycles. The predicted octanol–water partition coefficient (Wildman–Crippen LogP) is 4.63. The number of ether oxygens (including phenoxy) is 2. The van der Waals surface area contributed by atoms with Gasteiger partial charge in [0, 0.05) is 31.6 Å². The summed E-state index contributed by atoms with van der Waals surface area (Å²) in [6.45, 7) is 9.13. The molecule has 194 valence electrons. The third-order valence-electron chi connectivity index (χ3n) is 5.93. The Bertz CT molecular complexity index is 1320. The highest BCUT2D eigenvalue weighted by molar-refractivity contribution is 7.22. The van der Waals surface area contributed by atoms with E-state index in [0.29, 0.717) is 35.6 Å². The molecule has 0 bridgehead atoms. The van der Waals surface area contributed by atoms with Crippen LogP contribution in [0.1, 0.15) is 29.4 Å². The van der Waals surface area contributed by atoms with Gasteiger partial charge in [-0.1, -0.05) is 23.5 Å². The van der Waals surface area contributed by atoms with Crippen molar-refractivity contribution >= 4 is 60.8 Å². The van der Waals surface area contributed by atoms with Gasteiger partial charge in [0.25, 0.3) is 0 Å². The molecule has 0 aliphatic carbocycles. The van der Waals surface area contributed by atoms with Gasteiger partial charge in [-0.05, 0) is 44.0 Å². The van der Waals surface area contributed by atoms with Crippen molar-refractivity contribution in [2.24, 2.45) is 0 Å². The van der Waals surface area contributed by atoms with E-state index in [1.54, 1.807) is 23.6 Å². The van der Waals surface area contributed by atoms with E-state index in [2.05, 4.69) is 30.4 Å². The average molecular weight is 540 g/mol. The zero-order valence-corrected chi connectivity index (χ0v) is 22.5. The number of aryl methyl sites for hydroxylation is 1. The van der Waals surface area contributed by atoms with Crippen molar-refractivity contribution in [3.63, 3.8) is 0 Å². The van der Waals surface area contributed by atoms with Crippen LogP contribution in [0, 0.1) is 6.92 Å². The van der Waals surface area contributed by atoms with Crippen molar-refractivity contribution in [1.82, 2.24) is 25.1 Å². The molecule has 1 fully saturated rings. The number of anilines is 4. The zero-order valence-electron chi connectivity index (χ0n) is 20.8. The first-order chi connectivity index (χ1) is 18.1. The van der Waals surface area contributed by atoms with Crippen molar-refractivity contribution in [2.75, 3.05) is 56.2 Å². The number of carbonyl (C=O) groups is 1. The lowest BCUT2D eigenvalue weighted by Crippen LogP contribution is -2.37. The van der Waals surface area contributed by atoms with Gasteiger partial charge in [0.2, 0.25) is 0 Å². The number of morpholine rings is 1. The SMILES string of the molecule is CCOC(=O)c1csc(N(CCCN2CCOCC2)c2cc(C)c(Nc3nc4ccccc4s3)nn2)n1. The van der Waals surface area contributed by atoms with E-state index in [-0.39, 0.29) is 0 Å². The molecule has 0 amide bonds. The van der Waals surface area contributed by atoms with E-state index >= 15 is 0 Å². The number of thiazole rings is 2. The lowest BCUT2D eigenvalue weighted by atomic mass is 10.3. The standard InChI is InChI=1S/C25H29N7O3S2/c1-3-35-23(33)19-16-36-25(27-19)32(10-6-9-31-11-13-34-14-12-31)21-15-17(2)22(30-29-21)28-24-26-18-7-4-5-8-20(18)37-24/h4-5,7-8,15-16H,3,6,9-14H2,1-2H3,(H,26,28,30). The van der Waals surface area contributed by atoms with Crippen LogP contribution in [-0.2, 0) is 9.47 Å². The summed E-state index contributed by atoms with van der Waals surface area (Å²) in [7, 11) is 0. The Morgan fingerprint density at radius 2 is 2.05 bits per heavy atom. The Labute approximate surface area is 223 Å². The highest BCUT2D eigenvalue weighted by Gasteiger charge is 2.20. The fourth-order valence-corrected chi connectivity index (χ4v) is 5.72. The number of para-hydroxylation sites is 1. The number of nitrogens with zero attached hydrogens (tertiary/aromatic N) is 6. The van der Waals surface area contributed by atoms with E-state index < -0.39 is 5.97 Å². The van der Waals surface area contributed by atoms with Crippen LogP contribution >= 0.6 is 22.7 Å². The van der Waals surface area contributed by atoms with Crippen LogP contribution in [-0.4, -0.2) is 77.0 Å². The van der Waals surface area contributed by atoms with E-state index in [1.165, 1.54) is 11.3 Å². The minimum Gasteiger partial charge on any atom is -0.461 e. The second-order valence-electron chi connectivity index (χ2n) is 8.54. The summed E-state index contributed by atoms with van der Waals surface area (Å²) in [6.07, 6.45) is 0.904. The summed E-state index contributed by atoms with van der Waals surface area (Å²) >= 11 is 2.97. The first-order valence-corrected chi connectivity index (χ1v) is 14.0. The lowest BCUT2D eigenvalue weighted by molar-refractivity contribution is 0.0377.